The number of allylic oxidation sites excluding steroid dienone is 1. The maximum Gasteiger partial charge on any atom is 0.261 e. The molecule has 72 valence electrons. The lowest BCUT2D eigenvalue weighted by Gasteiger charge is -2.17. The van der Waals surface area contributed by atoms with Crippen LogP contribution in [-0.2, 0) is 9.16 Å². The molecule has 0 unspecified atom stereocenters. The van der Waals surface area contributed by atoms with E-state index < -0.39 is 9.04 Å². The summed E-state index contributed by atoms with van der Waals surface area (Å²) in [5, 5.41) is 0. The topological polar surface area (TPSA) is 18.5 Å². The van der Waals surface area contributed by atoms with Crippen molar-refractivity contribution in [2.24, 2.45) is 5.41 Å². The molecule has 0 heterocycles. The standard InChI is InChI=1S/C9H20O2Si/c1-9(2,3)7-8(10-4)11-12(5)6/h7,12H,1-6H3. The van der Waals surface area contributed by atoms with Crippen molar-refractivity contribution in [2.45, 2.75) is 33.9 Å². The van der Waals surface area contributed by atoms with Gasteiger partial charge in [0, 0.05) is 6.08 Å². The van der Waals surface area contributed by atoms with Crippen molar-refractivity contribution in [3.63, 3.8) is 0 Å². The zero-order valence-electron chi connectivity index (χ0n) is 8.97. The van der Waals surface area contributed by atoms with Gasteiger partial charge in [-0.25, -0.2) is 0 Å². The van der Waals surface area contributed by atoms with Gasteiger partial charge < -0.3 is 9.16 Å². The van der Waals surface area contributed by atoms with Crippen molar-refractivity contribution in [2.75, 3.05) is 7.11 Å². The van der Waals surface area contributed by atoms with Gasteiger partial charge in [0.15, 0.2) is 0 Å². The molecule has 0 aliphatic carbocycles. The van der Waals surface area contributed by atoms with Crippen molar-refractivity contribution in [1.82, 2.24) is 0 Å². The maximum atomic E-state index is 5.55. The van der Waals surface area contributed by atoms with Gasteiger partial charge in [-0.3, -0.25) is 0 Å². The number of hydrogen-bond donors (Lipinski definition) is 0. The summed E-state index contributed by atoms with van der Waals surface area (Å²) in [6, 6.07) is 0. The summed E-state index contributed by atoms with van der Waals surface area (Å²) in [4.78, 5) is 0. The maximum absolute atomic E-state index is 5.55. The predicted octanol–water partition coefficient (Wildman–Crippen LogP) is 2.52. The Morgan fingerprint density at radius 3 is 2.00 bits per heavy atom. The largest absolute Gasteiger partial charge is 0.523 e. The number of ether oxygens (including phenoxy) is 1. The summed E-state index contributed by atoms with van der Waals surface area (Å²) in [5.74, 6) is 0.671. The van der Waals surface area contributed by atoms with Gasteiger partial charge in [-0.2, -0.15) is 0 Å². The highest BCUT2D eigenvalue weighted by atomic mass is 28.3. The number of rotatable bonds is 3. The van der Waals surface area contributed by atoms with Crippen LogP contribution in [0.3, 0.4) is 0 Å². The van der Waals surface area contributed by atoms with Crippen LogP contribution in [0.4, 0.5) is 0 Å². The second-order valence-electron chi connectivity index (χ2n) is 4.20. The Morgan fingerprint density at radius 1 is 1.25 bits per heavy atom. The van der Waals surface area contributed by atoms with Gasteiger partial charge >= 0.3 is 0 Å². The Morgan fingerprint density at radius 2 is 1.75 bits per heavy atom. The van der Waals surface area contributed by atoms with Crippen LogP contribution in [0.25, 0.3) is 0 Å². The SMILES string of the molecule is COC(=CC(C)(C)C)O[SiH](C)C. The normalized spacial score (nSPS) is 13.4. The highest BCUT2D eigenvalue weighted by Gasteiger charge is 2.10. The molecule has 0 amide bonds. The Kier molecular flexibility index (Phi) is 4.38. The molecular weight excluding hydrogens is 168 g/mol. The molecule has 0 aliphatic rings. The summed E-state index contributed by atoms with van der Waals surface area (Å²) in [5.41, 5.74) is 0.120. The minimum absolute atomic E-state index is 0.120. The molecule has 0 saturated heterocycles. The molecule has 0 fully saturated rings. The summed E-state index contributed by atoms with van der Waals surface area (Å²) >= 11 is 0. The first kappa shape index (κ1) is 11.6. The number of hydrogen-bond acceptors (Lipinski definition) is 2. The fraction of sp³-hybridized carbons (Fsp3) is 0.778. The summed E-state index contributed by atoms with van der Waals surface area (Å²) in [6.45, 7) is 10.6. The first-order valence-corrected chi connectivity index (χ1v) is 7.07. The highest BCUT2D eigenvalue weighted by Crippen LogP contribution is 2.18. The van der Waals surface area contributed by atoms with Crippen LogP contribution < -0.4 is 0 Å². The molecular formula is C9H20O2Si. The fourth-order valence-electron chi connectivity index (χ4n) is 0.727. The molecule has 0 rings (SSSR count). The summed E-state index contributed by atoms with van der Waals surface area (Å²) in [6.07, 6.45) is 2.01. The lowest BCUT2D eigenvalue weighted by Crippen LogP contribution is -2.11. The van der Waals surface area contributed by atoms with Gasteiger partial charge in [0.05, 0.1) is 7.11 Å². The van der Waals surface area contributed by atoms with Gasteiger partial charge in [0.2, 0.25) is 9.04 Å². The first-order valence-electron chi connectivity index (χ1n) is 4.28. The van der Waals surface area contributed by atoms with Gasteiger partial charge in [-0.1, -0.05) is 20.8 Å². The molecule has 3 heteroatoms. The molecule has 0 aliphatic heterocycles. The Labute approximate surface area is 77.3 Å². The minimum Gasteiger partial charge on any atom is -0.523 e. The van der Waals surface area contributed by atoms with E-state index in [0.717, 1.165) is 0 Å². The van der Waals surface area contributed by atoms with Crippen molar-refractivity contribution < 1.29 is 9.16 Å². The van der Waals surface area contributed by atoms with Crippen LogP contribution in [0.5, 0.6) is 0 Å². The second-order valence-corrected chi connectivity index (χ2v) is 6.53. The smallest absolute Gasteiger partial charge is 0.261 e. The van der Waals surface area contributed by atoms with Crippen LogP contribution in [0.1, 0.15) is 20.8 Å². The molecule has 0 spiro atoms. The van der Waals surface area contributed by atoms with Crippen molar-refractivity contribution in [3.8, 4) is 0 Å². The Balaban J connectivity index is 4.24. The zero-order chi connectivity index (χ0) is 9.78. The molecule has 0 N–H and O–H groups in total. The Hall–Kier alpha value is -0.443. The van der Waals surface area contributed by atoms with Crippen LogP contribution in [0.2, 0.25) is 13.1 Å². The first-order chi connectivity index (χ1) is 5.35. The fourth-order valence-corrected chi connectivity index (χ4v) is 1.36. The Bertz CT molecular complexity index is 156. The van der Waals surface area contributed by atoms with E-state index >= 15 is 0 Å². The molecule has 0 atom stereocenters. The average molecular weight is 188 g/mol. The summed E-state index contributed by atoms with van der Waals surface area (Å²) < 4.78 is 10.7. The van der Waals surface area contributed by atoms with E-state index in [2.05, 4.69) is 33.9 Å². The molecule has 0 aromatic heterocycles. The van der Waals surface area contributed by atoms with E-state index in [-0.39, 0.29) is 5.41 Å². The van der Waals surface area contributed by atoms with E-state index in [9.17, 15) is 0 Å². The quantitative estimate of drug-likeness (QED) is 0.500. The van der Waals surface area contributed by atoms with Gasteiger partial charge in [-0.15, -0.1) is 0 Å². The molecule has 0 radical (unpaired) electrons. The van der Waals surface area contributed by atoms with Gasteiger partial charge in [0.1, 0.15) is 0 Å². The monoisotopic (exact) mass is 188 g/mol. The second kappa shape index (κ2) is 4.55. The van der Waals surface area contributed by atoms with Crippen LogP contribution in [0.15, 0.2) is 12.0 Å². The lowest BCUT2D eigenvalue weighted by atomic mass is 9.97. The van der Waals surface area contributed by atoms with Crippen molar-refractivity contribution in [1.29, 1.82) is 0 Å². The molecule has 12 heavy (non-hydrogen) atoms. The zero-order valence-corrected chi connectivity index (χ0v) is 10.1. The third kappa shape index (κ3) is 6.28. The third-order valence-corrected chi connectivity index (χ3v) is 1.81. The van der Waals surface area contributed by atoms with E-state index in [0.29, 0.717) is 5.95 Å². The highest BCUT2D eigenvalue weighted by molar-refractivity contribution is 6.48. The summed E-state index contributed by atoms with van der Waals surface area (Å²) in [7, 11) is 0.618. The molecule has 0 aromatic carbocycles. The van der Waals surface area contributed by atoms with E-state index in [1.807, 2.05) is 6.08 Å². The molecule has 2 nitrogen and oxygen atoms in total. The van der Waals surface area contributed by atoms with Crippen molar-refractivity contribution >= 4 is 9.04 Å². The molecule has 0 bridgehead atoms. The van der Waals surface area contributed by atoms with Crippen molar-refractivity contribution in [3.05, 3.63) is 12.0 Å². The predicted molar refractivity (Wildman–Crippen MR) is 54.5 cm³/mol. The van der Waals surface area contributed by atoms with Gasteiger partial charge in [0.25, 0.3) is 5.95 Å². The van der Waals surface area contributed by atoms with Gasteiger partial charge in [-0.05, 0) is 18.5 Å². The minimum atomic E-state index is -1.03. The van der Waals surface area contributed by atoms with Crippen LogP contribution in [-0.4, -0.2) is 16.2 Å². The van der Waals surface area contributed by atoms with E-state index in [1.54, 1.807) is 7.11 Å². The number of methoxy groups -OCH3 is 1. The van der Waals surface area contributed by atoms with E-state index in [4.69, 9.17) is 9.16 Å². The third-order valence-electron chi connectivity index (χ3n) is 1.10. The van der Waals surface area contributed by atoms with E-state index in [1.165, 1.54) is 0 Å². The molecule has 0 aromatic rings. The van der Waals surface area contributed by atoms with Crippen LogP contribution in [0, 0.1) is 5.41 Å². The average Bonchev–Trinajstić information content (AvgIpc) is 1.82. The van der Waals surface area contributed by atoms with Crippen LogP contribution >= 0.6 is 0 Å². The lowest BCUT2D eigenvalue weighted by molar-refractivity contribution is 0.146. The molecule has 0 saturated carbocycles.